The van der Waals surface area contributed by atoms with Crippen LogP contribution in [0.2, 0.25) is 0 Å². The van der Waals surface area contributed by atoms with Crippen LogP contribution in [0.5, 0.6) is 0 Å². The first-order valence-corrected chi connectivity index (χ1v) is 1.74. The number of carbonyl (C=O) groups excluding carboxylic acids is 1. The van der Waals surface area contributed by atoms with Crippen molar-refractivity contribution in [3.05, 3.63) is 13.8 Å². The van der Waals surface area contributed by atoms with Gasteiger partial charge in [0.2, 0.25) is 0 Å². The van der Waals surface area contributed by atoms with Crippen molar-refractivity contribution in [3.63, 3.8) is 0 Å². The molecule has 4 heteroatoms. The molecule has 0 aromatic carbocycles. The van der Waals surface area contributed by atoms with E-state index in [-0.39, 0.29) is 32.7 Å². The third-order valence-corrected chi connectivity index (χ3v) is 0.125. The number of amides is 1. The van der Waals surface area contributed by atoms with Gasteiger partial charge in [-0.15, -0.1) is 0 Å². The van der Waals surface area contributed by atoms with Gasteiger partial charge in [-0.1, -0.05) is 0 Å². The van der Waals surface area contributed by atoms with Gasteiger partial charge in [0.25, 0.3) is 0 Å². The van der Waals surface area contributed by atoms with Crippen LogP contribution in [0, 0.1) is 13.8 Å². The van der Waals surface area contributed by atoms with Crippen LogP contribution in [0.1, 0.15) is 6.92 Å². The van der Waals surface area contributed by atoms with Crippen LogP contribution >= 0.6 is 0 Å². The molecule has 0 unspecified atom stereocenters. The van der Waals surface area contributed by atoms with Crippen molar-refractivity contribution in [2.45, 2.75) is 6.92 Å². The average Bonchev–Trinajstić information content (AvgIpc) is 1.73. The van der Waals surface area contributed by atoms with Crippen molar-refractivity contribution in [2.24, 2.45) is 0 Å². The molecule has 0 heterocycles. The first-order valence-electron chi connectivity index (χ1n) is 1.74. The van der Waals surface area contributed by atoms with Crippen LogP contribution < -0.4 is 5.48 Å². The molecule has 0 bridgehead atoms. The van der Waals surface area contributed by atoms with Crippen molar-refractivity contribution >= 4 is 5.91 Å². The fraction of sp³-hybridized carbons (Fsp3) is 0.250. The van der Waals surface area contributed by atoms with E-state index in [1.807, 2.05) is 0 Å². The Morgan fingerprint density at radius 1 is 1.62 bits per heavy atom. The second-order valence-corrected chi connectivity index (χ2v) is 0.535. The fourth-order valence-electron chi connectivity index (χ4n) is 0. The minimum atomic E-state index is -0.690. The zero-order valence-electron chi connectivity index (χ0n) is 4.85. The summed E-state index contributed by atoms with van der Waals surface area (Å²) in [6.07, 6.45) is 0. The summed E-state index contributed by atoms with van der Waals surface area (Å²) in [5.41, 5.74) is 1.28. The standard InChI is InChI=1S/C2H4NO2.C2H5.Y/c1-2(4)3-5;1-2;/h5H,1H2,(H,3,4);1H2,2H3;/q2*-1;. The maximum Gasteiger partial charge on any atom is 0.105 e. The van der Waals surface area contributed by atoms with Gasteiger partial charge in [-0.25, -0.2) is 0 Å². The molecule has 0 aliphatic heterocycles. The molecule has 0 saturated heterocycles. The molecule has 0 aromatic rings. The zero-order chi connectivity index (χ0) is 6.28. The number of nitrogens with one attached hydrogen (secondary N) is 1. The first-order chi connectivity index (χ1) is 3.27. The zero-order valence-corrected chi connectivity index (χ0v) is 7.69. The molecule has 0 aliphatic carbocycles. The molecule has 0 aliphatic rings. The van der Waals surface area contributed by atoms with Crippen molar-refractivity contribution in [3.8, 4) is 0 Å². The molecule has 2 N–H and O–H groups in total. The van der Waals surface area contributed by atoms with Crippen LogP contribution in [0.15, 0.2) is 0 Å². The van der Waals surface area contributed by atoms with E-state index in [4.69, 9.17) is 5.21 Å². The summed E-state index contributed by atoms with van der Waals surface area (Å²) < 4.78 is 0. The molecule has 0 fully saturated rings. The predicted octanol–water partition coefficient (Wildman–Crippen LogP) is 0.164. The maximum absolute atomic E-state index is 9.34. The Labute approximate surface area is 74.7 Å². The van der Waals surface area contributed by atoms with Gasteiger partial charge in [0.15, 0.2) is 0 Å². The molecule has 47 valence electrons. The predicted molar refractivity (Wildman–Crippen MR) is 26.3 cm³/mol. The van der Waals surface area contributed by atoms with Gasteiger partial charge < -0.3 is 18.6 Å². The Hall–Kier alpha value is 0.404. The molecule has 1 amide bonds. The second kappa shape index (κ2) is 15.7. The minimum absolute atomic E-state index is 0. The average molecular weight is 192 g/mol. The molecule has 0 atom stereocenters. The number of hydroxylamine groups is 1. The number of hydrogen-bond acceptors (Lipinski definition) is 2. The van der Waals surface area contributed by atoms with Gasteiger partial charge >= 0.3 is 0 Å². The summed E-state index contributed by atoms with van der Waals surface area (Å²) in [5, 5.41) is 7.48. The van der Waals surface area contributed by atoms with Gasteiger partial charge in [0, 0.05) is 32.7 Å². The molecule has 0 saturated carbocycles. The van der Waals surface area contributed by atoms with E-state index in [1.54, 1.807) is 6.92 Å². The van der Waals surface area contributed by atoms with E-state index >= 15 is 0 Å². The van der Waals surface area contributed by atoms with Crippen molar-refractivity contribution in [2.75, 3.05) is 0 Å². The smallest absolute Gasteiger partial charge is 0.105 e. The van der Waals surface area contributed by atoms with E-state index < -0.39 is 5.91 Å². The quantitative estimate of drug-likeness (QED) is 0.326. The van der Waals surface area contributed by atoms with Crippen molar-refractivity contribution in [1.29, 1.82) is 0 Å². The van der Waals surface area contributed by atoms with Gasteiger partial charge in [-0.2, -0.15) is 6.92 Å². The first kappa shape index (κ1) is 15.8. The van der Waals surface area contributed by atoms with Crippen molar-refractivity contribution < 1.29 is 42.7 Å². The van der Waals surface area contributed by atoms with E-state index in [9.17, 15) is 4.79 Å². The Bertz CT molecular complexity index is 49.3. The Morgan fingerprint density at radius 3 is 1.75 bits per heavy atom. The van der Waals surface area contributed by atoms with Crippen LogP contribution in [0.3, 0.4) is 0 Å². The van der Waals surface area contributed by atoms with Crippen molar-refractivity contribution in [1.82, 2.24) is 5.48 Å². The Kier molecular flexibility index (Phi) is 30.9. The number of hydrogen-bond donors (Lipinski definition) is 2. The van der Waals surface area contributed by atoms with E-state index in [1.165, 1.54) is 5.48 Å². The summed E-state index contributed by atoms with van der Waals surface area (Å²) in [6, 6.07) is 0. The molecule has 3 nitrogen and oxygen atoms in total. The molecule has 0 aromatic heterocycles. The van der Waals surface area contributed by atoms with Gasteiger partial charge in [0.05, 0.1) is 0 Å². The third kappa shape index (κ3) is 32.4. The van der Waals surface area contributed by atoms with Crippen LogP contribution in [-0.4, -0.2) is 11.1 Å². The summed E-state index contributed by atoms with van der Waals surface area (Å²) >= 11 is 0. The van der Waals surface area contributed by atoms with Crippen LogP contribution in [-0.2, 0) is 37.5 Å². The summed E-state index contributed by atoms with van der Waals surface area (Å²) in [6.45, 7) is 7.76. The molecule has 0 spiro atoms. The van der Waals surface area contributed by atoms with E-state index in [2.05, 4.69) is 13.8 Å². The van der Waals surface area contributed by atoms with Crippen LogP contribution in [0.4, 0.5) is 0 Å². The van der Waals surface area contributed by atoms with Gasteiger partial charge in [0.1, 0.15) is 5.91 Å². The molecule has 1 radical (unpaired) electrons. The van der Waals surface area contributed by atoms with Gasteiger partial charge in [-0.3, -0.25) is 10.7 Å². The second-order valence-electron chi connectivity index (χ2n) is 0.535. The molecular formula is C4H9NO2Y-2. The largest absolute Gasteiger partial charge is 0.346 e. The Morgan fingerprint density at radius 2 is 1.75 bits per heavy atom. The fourth-order valence-corrected chi connectivity index (χ4v) is 0. The van der Waals surface area contributed by atoms with Gasteiger partial charge in [-0.05, 0) is 0 Å². The normalized spacial score (nSPS) is 4.88. The molecule has 0 rings (SSSR count). The minimum Gasteiger partial charge on any atom is -0.346 e. The summed E-state index contributed by atoms with van der Waals surface area (Å²) in [5.74, 6) is -0.690. The van der Waals surface area contributed by atoms with Crippen LogP contribution in [0.25, 0.3) is 0 Å². The molecule has 8 heavy (non-hydrogen) atoms. The topological polar surface area (TPSA) is 49.3 Å². The third-order valence-electron chi connectivity index (χ3n) is 0.125. The monoisotopic (exact) mass is 192 g/mol. The SMILES string of the molecule is [CH2-]C.[CH2-]C(=O)NO.[Y]. The summed E-state index contributed by atoms with van der Waals surface area (Å²) in [7, 11) is 0. The van der Waals surface area contributed by atoms with E-state index in [0.717, 1.165) is 0 Å². The van der Waals surface area contributed by atoms with E-state index in [0.29, 0.717) is 0 Å². The number of carbonyl (C=O) groups is 1. The number of rotatable bonds is 0. The molecular weight excluding hydrogens is 183 g/mol. The summed E-state index contributed by atoms with van der Waals surface area (Å²) in [4.78, 5) is 9.34. The maximum atomic E-state index is 9.34. The Balaban J connectivity index is -0.0000000750.